The van der Waals surface area contributed by atoms with Gasteiger partial charge >= 0.3 is 0 Å². The van der Waals surface area contributed by atoms with Crippen LogP contribution >= 0.6 is 24.0 Å². The number of hydrogen-bond acceptors (Lipinski definition) is 5. The number of benzene rings is 1. The first-order valence-electron chi connectivity index (χ1n) is 8.54. The Labute approximate surface area is 175 Å². The fraction of sp³-hybridized carbons (Fsp3) is 0.333. The van der Waals surface area contributed by atoms with E-state index in [-0.39, 0.29) is 24.0 Å². The molecule has 1 aromatic carbocycles. The van der Waals surface area contributed by atoms with Crippen LogP contribution in [0.1, 0.15) is 11.1 Å². The summed E-state index contributed by atoms with van der Waals surface area (Å²) in [5.74, 6) is 1.55. The Morgan fingerprint density at radius 2 is 1.96 bits per heavy atom. The highest BCUT2D eigenvalue weighted by Crippen LogP contribution is 2.17. The van der Waals surface area contributed by atoms with Crippen LogP contribution in [0.25, 0.3) is 11.0 Å². The predicted octanol–water partition coefficient (Wildman–Crippen LogP) is 2.07. The maximum atomic E-state index is 4.29. The molecule has 0 aliphatic heterocycles. The quantitative estimate of drug-likeness (QED) is 0.217. The number of halogens is 1. The molecule has 0 atom stereocenters. The van der Waals surface area contributed by atoms with Crippen molar-refractivity contribution in [2.24, 2.45) is 12.0 Å². The summed E-state index contributed by atoms with van der Waals surface area (Å²) >= 11 is 0. The van der Waals surface area contributed by atoms with Crippen molar-refractivity contribution in [2.75, 3.05) is 25.5 Å². The minimum Gasteiger partial charge on any atom is -0.368 e. The van der Waals surface area contributed by atoms with E-state index in [0.29, 0.717) is 13.1 Å². The topological polar surface area (TPSA) is 92.1 Å². The lowest BCUT2D eigenvalue weighted by atomic mass is 10.1. The lowest BCUT2D eigenvalue weighted by Gasteiger charge is -2.13. The van der Waals surface area contributed by atoms with Gasteiger partial charge in [0.1, 0.15) is 12.1 Å². The standard InChI is InChI=1S/C18H24N8.HI/c1-13-6-4-5-7-14(13)10-22-18(19-2)21-9-8-20-16-15-11-25-26(3)17(15)24-12-23-16;/h4-7,11-12H,8-10H2,1-3H3,(H2,19,21,22)(H,20,23,24);1H. The van der Waals surface area contributed by atoms with Crippen molar-refractivity contribution >= 4 is 46.8 Å². The van der Waals surface area contributed by atoms with Crippen molar-refractivity contribution in [3.8, 4) is 0 Å². The van der Waals surface area contributed by atoms with Gasteiger partial charge in [-0.1, -0.05) is 24.3 Å². The molecule has 8 nitrogen and oxygen atoms in total. The number of rotatable bonds is 6. The first-order chi connectivity index (χ1) is 12.7. The average Bonchev–Trinajstić information content (AvgIpc) is 3.04. The van der Waals surface area contributed by atoms with Gasteiger partial charge in [-0.3, -0.25) is 9.67 Å². The van der Waals surface area contributed by atoms with E-state index in [4.69, 9.17) is 0 Å². The highest BCUT2D eigenvalue weighted by molar-refractivity contribution is 14.0. The smallest absolute Gasteiger partial charge is 0.191 e. The summed E-state index contributed by atoms with van der Waals surface area (Å²) < 4.78 is 1.73. The van der Waals surface area contributed by atoms with Gasteiger partial charge in [-0.2, -0.15) is 5.10 Å². The van der Waals surface area contributed by atoms with Gasteiger partial charge in [0.15, 0.2) is 11.6 Å². The summed E-state index contributed by atoms with van der Waals surface area (Å²) in [5, 5.41) is 15.1. The van der Waals surface area contributed by atoms with Crippen LogP contribution in [-0.4, -0.2) is 45.8 Å². The zero-order chi connectivity index (χ0) is 18.4. The zero-order valence-electron chi connectivity index (χ0n) is 15.7. The molecule has 0 saturated heterocycles. The van der Waals surface area contributed by atoms with E-state index in [1.807, 2.05) is 19.2 Å². The molecule has 0 spiro atoms. The molecule has 0 aliphatic carbocycles. The molecule has 2 heterocycles. The average molecular weight is 480 g/mol. The van der Waals surface area contributed by atoms with E-state index in [2.05, 4.69) is 55.1 Å². The van der Waals surface area contributed by atoms with E-state index < -0.39 is 0 Å². The van der Waals surface area contributed by atoms with Crippen LogP contribution in [0.15, 0.2) is 41.8 Å². The summed E-state index contributed by atoms with van der Waals surface area (Å²) in [4.78, 5) is 12.8. The van der Waals surface area contributed by atoms with Crippen LogP contribution in [0.5, 0.6) is 0 Å². The van der Waals surface area contributed by atoms with Gasteiger partial charge in [-0.05, 0) is 18.1 Å². The number of aromatic nitrogens is 4. The molecule has 0 bridgehead atoms. The molecule has 0 unspecified atom stereocenters. The zero-order valence-corrected chi connectivity index (χ0v) is 18.1. The maximum Gasteiger partial charge on any atom is 0.191 e. The van der Waals surface area contributed by atoms with Crippen LogP contribution < -0.4 is 16.0 Å². The van der Waals surface area contributed by atoms with Crippen LogP contribution in [0, 0.1) is 6.92 Å². The van der Waals surface area contributed by atoms with E-state index in [1.54, 1.807) is 24.3 Å². The third-order valence-corrected chi connectivity index (χ3v) is 4.17. The molecule has 0 saturated carbocycles. The molecule has 0 aliphatic rings. The summed E-state index contributed by atoms with van der Waals surface area (Å²) in [5.41, 5.74) is 3.33. The van der Waals surface area contributed by atoms with Crippen LogP contribution in [0.4, 0.5) is 5.82 Å². The van der Waals surface area contributed by atoms with Gasteiger partial charge in [0.25, 0.3) is 0 Å². The third kappa shape index (κ3) is 5.28. The molecule has 27 heavy (non-hydrogen) atoms. The van der Waals surface area contributed by atoms with E-state index in [9.17, 15) is 0 Å². The highest BCUT2D eigenvalue weighted by Gasteiger charge is 2.07. The molecule has 0 amide bonds. The summed E-state index contributed by atoms with van der Waals surface area (Å²) in [6.45, 7) is 4.26. The lowest BCUT2D eigenvalue weighted by molar-refractivity contribution is 0.785. The van der Waals surface area contributed by atoms with Crippen molar-refractivity contribution in [1.29, 1.82) is 0 Å². The van der Waals surface area contributed by atoms with Crippen molar-refractivity contribution in [2.45, 2.75) is 13.5 Å². The minimum atomic E-state index is 0. The molecular formula is C18H25IN8. The fourth-order valence-electron chi connectivity index (χ4n) is 2.67. The number of aliphatic imine (C=N–C) groups is 1. The predicted molar refractivity (Wildman–Crippen MR) is 120 cm³/mol. The van der Waals surface area contributed by atoms with Gasteiger partial charge in [-0.15, -0.1) is 24.0 Å². The second kappa shape index (κ2) is 10.0. The molecule has 3 rings (SSSR count). The Kier molecular flexibility index (Phi) is 7.77. The normalized spacial score (nSPS) is 11.1. The monoisotopic (exact) mass is 480 g/mol. The molecule has 3 N–H and O–H groups in total. The van der Waals surface area contributed by atoms with Gasteiger partial charge in [0.2, 0.25) is 0 Å². The molecule has 9 heteroatoms. The second-order valence-electron chi connectivity index (χ2n) is 5.93. The summed E-state index contributed by atoms with van der Waals surface area (Å²) in [6, 6.07) is 8.32. The van der Waals surface area contributed by atoms with Crippen LogP contribution in [0.2, 0.25) is 0 Å². The van der Waals surface area contributed by atoms with Crippen LogP contribution in [0.3, 0.4) is 0 Å². The number of aryl methyl sites for hydroxylation is 2. The Balaban J connectivity index is 0.00000261. The maximum absolute atomic E-state index is 4.29. The first-order valence-corrected chi connectivity index (χ1v) is 8.54. The van der Waals surface area contributed by atoms with E-state index in [0.717, 1.165) is 29.4 Å². The Bertz CT molecular complexity index is 905. The van der Waals surface area contributed by atoms with Gasteiger partial charge in [-0.25, -0.2) is 9.97 Å². The number of hydrogen-bond donors (Lipinski definition) is 3. The van der Waals surface area contributed by atoms with Crippen LogP contribution in [-0.2, 0) is 13.6 Å². The summed E-state index contributed by atoms with van der Waals surface area (Å²) in [6.07, 6.45) is 3.32. The van der Waals surface area contributed by atoms with Crippen molar-refractivity contribution in [1.82, 2.24) is 30.4 Å². The number of fused-ring (bicyclic) bond motifs is 1. The van der Waals surface area contributed by atoms with Gasteiger partial charge in [0, 0.05) is 33.7 Å². The Morgan fingerprint density at radius 1 is 1.15 bits per heavy atom. The Morgan fingerprint density at radius 3 is 2.74 bits per heavy atom. The van der Waals surface area contributed by atoms with Gasteiger partial charge < -0.3 is 16.0 Å². The third-order valence-electron chi connectivity index (χ3n) is 4.17. The molecular weight excluding hydrogens is 455 g/mol. The second-order valence-corrected chi connectivity index (χ2v) is 5.93. The number of guanidine groups is 1. The number of anilines is 1. The number of nitrogens with one attached hydrogen (secondary N) is 3. The first kappa shape index (κ1) is 20.9. The minimum absolute atomic E-state index is 0. The lowest BCUT2D eigenvalue weighted by Crippen LogP contribution is -2.39. The largest absolute Gasteiger partial charge is 0.368 e. The highest BCUT2D eigenvalue weighted by atomic mass is 127. The SMILES string of the molecule is CN=C(NCCNc1ncnc2c1cnn2C)NCc1ccccc1C.I. The van der Waals surface area contributed by atoms with Crippen molar-refractivity contribution in [3.63, 3.8) is 0 Å². The van der Waals surface area contributed by atoms with E-state index >= 15 is 0 Å². The fourth-order valence-corrected chi connectivity index (χ4v) is 2.67. The van der Waals surface area contributed by atoms with Gasteiger partial charge in [0.05, 0.1) is 11.6 Å². The molecule has 2 aromatic heterocycles. The van der Waals surface area contributed by atoms with Crippen molar-refractivity contribution in [3.05, 3.63) is 47.9 Å². The van der Waals surface area contributed by atoms with E-state index in [1.165, 1.54) is 11.1 Å². The molecule has 144 valence electrons. The molecule has 0 fully saturated rings. The van der Waals surface area contributed by atoms with Crippen molar-refractivity contribution < 1.29 is 0 Å². The summed E-state index contributed by atoms with van der Waals surface area (Å²) in [7, 11) is 3.63. The molecule has 0 radical (unpaired) electrons. The number of nitrogens with zero attached hydrogens (tertiary/aromatic N) is 5. The Hall–Kier alpha value is -2.43. The molecule has 3 aromatic rings.